The summed E-state index contributed by atoms with van der Waals surface area (Å²) in [6, 6.07) is 14.9. The molecule has 0 bridgehead atoms. The number of rotatable bonds is 12. The van der Waals surface area contributed by atoms with Gasteiger partial charge in [0.15, 0.2) is 0 Å². The molecule has 6 heteroatoms. The molecule has 28 heavy (non-hydrogen) atoms. The van der Waals surface area contributed by atoms with E-state index in [0.29, 0.717) is 32.3 Å². The van der Waals surface area contributed by atoms with Crippen LogP contribution in [0.15, 0.2) is 48.5 Å². The molecule has 1 amide bonds. The largest absolute Gasteiger partial charge is 0.493 e. The van der Waals surface area contributed by atoms with Gasteiger partial charge in [-0.05, 0) is 61.4 Å². The lowest BCUT2D eigenvalue weighted by molar-refractivity contribution is -0.114. The van der Waals surface area contributed by atoms with Crippen molar-refractivity contribution in [2.45, 2.75) is 20.8 Å². The predicted octanol–water partition coefficient (Wildman–Crippen LogP) is 4.19. The van der Waals surface area contributed by atoms with Crippen molar-refractivity contribution in [3.05, 3.63) is 48.5 Å². The van der Waals surface area contributed by atoms with E-state index >= 15 is 0 Å². The van der Waals surface area contributed by atoms with Crippen LogP contribution in [0, 0.1) is 5.92 Å². The summed E-state index contributed by atoms with van der Waals surface area (Å²) in [5, 5.41) is 5.96. The first-order valence-electron chi connectivity index (χ1n) is 9.64. The average Bonchev–Trinajstić information content (AvgIpc) is 2.70. The van der Waals surface area contributed by atoms with E-state index in [1.54, 1.807) is 0 Å². The number of carbonyl (C=O) groups is 1. The number of benzene rings is 2. The Morgan fingerprint density at radius 3 is 2.11 bits per heavy atom. The Morgan fingerprint density at radius 1 is 0.893 bits per heavy atom. The summed E-state index contributed by atoms with van der Waals surface area (Å²) in [5.74, 6) is 1.94. The number of nitrogens with one attached hydrogen (secondary N) is 2. The predicted molar refractivity (Wildman–Crippen MR) is 112 cm³/mol. The molecule has 0 saturated carbocycles. The number of amides is 1. The van der Waals surface area contributed by atoms with Gasteiger partial charge in [-0.3, -0.25) is 4.79 Å². The first kappa shape index (κ1) is 21.6. The van der Waals surface area contributed by atoms with Crippen molar-refractivity contribution >= 4 is 17.3 Å². The van der Waals surface area contributed by atoms with Crippen molar-refractivity contribution in [2.75, 3.05) is 43.6 Å². The summed E-state index contributed by atoms with van der Waals surface area (Å²) < 4.78 is 16.4. The van der Waals surface area contributed by atoms with E-state index in [1.807, 2.05) is 55.5 Å². The van der Waals surface area contributed by atoms with Crippen LogP contribution in [0.1, 0.15) is 20.8 Å². The van der Waals surface area contributed by atoms with E-state index in [2.05, 4.69) is 24.5 Å². The van der Waals surface area contributed by atoms with Crippen molar-refractivity contribution in [1.82, 2.24) is 0 Å². The molecule has 2 aromatic rings. The number of carbonyl (C=O) groups excluding carboxylic acids is 1. The fourth-order valence-electron chi connectivity index (χ4n) is 2.32. The smallest absolute Gasteiger partial charge is 0.243 e. The lowest BCUT2D eigenvalue weighted by Crippen LogP contribution is -2.21. The Kier molecular flexibility index (Phi) is 9.15. The summed E-state index contributed by atoms with van der Waals surface area (Å²) in [7, 11) is 0. The van der Waals surface area contributed by atoms with Gasteiger partial charge in [0.05, 0.1) is 19.8 Å². The third kappa shape index (κ3) is 8.31. The van der Waals surface area contributed by atoms with E-state index in [-0.39, 0.29) is 12.5 Å². The Labute approximate surface area is 167 Å². The number of ether oxygens (including phenoxy) is 3. The van der Waals surface area contributed by atoms with Gasteiger partial charge >= 0.3 is 0 Å². The first-order chi connectivity index (χ1) is 13.6. The number of anilines is 2. The lowest BCUT2D eigenvalue weighted by Gasteiger charge is -2.11. The molecule has 0 heterocycles. The van der Waals surface area contributed by atoms with E-state index in [0.717, 1.165) is 22.9 Å². The summed E-state index contributed by atoms with van der Waals surface area (Å²) in [6.45, 7) is 8.78. The minimum atomic E-state index is -0.120. The molecule has 0 radical (unpaired) electrons. The van der Waals surface area contributed by atoms with Crippen LogP contribution in [0.25, 0.3) is 0 Å². The van der Waals surface area contributed by atoms with Crippen LogP contribution in [0.5, 0.6) is 11.5 Å². The van der Waals surface area contributed by atoms with E-state index in [1.165, 1.54) is 0 Å². The van der Waals surface area contributed by atoms with Crippen LogP contribution >= 0.6 is 0 Å². The molecule has 0 spiro atoms. The second-order valence-electron chi connectivity index (χ2n) is 6.70. The Balaban J connectivity index is 1.71. The standard InChI is InChI=1S/C22H30N2O4/c1-4-26-13-14-27-20-11-7-19(8-12-20)24-22(25)15-23-18-5-9-21(10-6-18)28-16-17(2)3/h5-12,17,23H,4,13-16H2,1-3H3,(H,24,25). The number of hydrogen-bond donors (Lipinski definition) is 2. The molecule has 152 valence electrons. The SMILES string of the molecule is CCOCCOc1ccc(NC(=O)CNc2ccc(OCC(C)C)cc2)cc1. The van der Waals surface area contributed by atoms with Crippen LogP contribution in [0.2, 0.25) is 0 Å². The van der Waals surface area contributed by atoms with Crippen molar-refractivity contribution in [2.24, 2.45) is 5.92 Å². The maximum atomic E-state index is 12.1. The molecule has 0 unspecified atom stereocenters. The van der Waals surface area contributed by atoms with Crippen molar-refractivity contribution < 1.29 is 19.0 Å². The maximum Gasteiger partial charge on any atom is 0.243 e. The summed E-state index contributed by atoms with van der Waals surface area (Å²) >= 11 is 0. The summed E-state index contributed by atoms with van der Waals surface area (Å²) in [4.78, 5) is 12.1. The molecule has 0 atom stereocenters. The monoisotopic (exact) mass is 386 g/mol. The van der Waals surface area contributed by atoms with Gasteiger partial charge in [-0.15, -0.1) is 0 Å². The molecule has 2 rings (SSSR count). The van der Waals surface area contributed by atoms with Gasteiger partial charge in [-0.2, -0.15) is 0 Å². The van der Waals surface area contributed by atoms with Gasteiger partial charge < -0.3 is 24.8 Å². The molecular weight excluding hydrogens is 356 g/mol. The molecule has 6 nitrogen and oxygen atoms in total. The third-order valence-electron chi connectivity index (χ3n) is 3.73. The van der Waals surface area contributed by atoms with Crippen molar-refractivity contribution in [3.63, 3.8) is 0 Å². The zero-order chi connectivity index (χ0) is 20.2. The van der Waals surface area contributed by atoms with Gasteiger partial charge in [0.2, 0.25) is 5.91 Å². The van der Waals surface area contributed by atoms with Crippen LogP contribution < -0.4 is 20.1 Å². The van der Waals surface area contributed by atoms with Gasteiger partial charge in [-0.25, -0.2) is 0 Å². The van der Waals surface area contributed by atoms with E-state index in [9.17, 15) is 4.79 Å². The zero-order valence-corrected chi connectivity index (χ0v) is 16.9. The molecule has 0 saturated heterocycles. The second kappa shape index (κ2) is 11.9. The minimum Gasteiger partial charge on any atom is -0.493 e. The highest BCUT2D eigenvalue weighted by molar-refractivity contribution is 5.93. The third-order valence-corrected chi connectivity index (χ3v) is 3.73. The lowest BCUT2D eigenvalue weighted by atomic mass is 10.2. The Bertz CT molecular complexity index is 699. The molecular formula is C22H30N2O4. The normalized spacial score (nSPS) is 10.6. The fourth-order valence-corrected chi connectivity index (χ4v) is 2.32. The van der Waals surface area contributed by atoms with E-state index < -0.39 is 0 Å². The topological polar surface area (TPSA) is 68.8 Å². The molecule has 0 aromatic heterocycles. The molecule has 0 aliphatic heterocycles. The maximum absolute atomic E-state index is 12.1. The summed E-state index contributed by atoms with van der Waals surface area (Å²) in [6.07, 6.45) is 0. The molecule has 0 fully saturated rings. The van der Waals surface area contributed by atoms with Crippen LogP contribution in [0.4, 0.5) is 11.4 Å². The highest BCUT2D eigenvalue weighted by Gasteiger charge is 2.04. The van der Waals surface area contributed by atoms with Crippen molar-refractivity contribution in [1.29, 1.82) is 0 Å². The quantitative estimate of drug-likeness (QED) is 0.536. The first-order valence-corrected chi connectivity index (χ1v) is 9.64. The second-order valence-corrected chi connectivity index (χ2v) is 6.70. The zero-order valence-electron chi connectivity index (χ0n) is 16.9. The van der Waals surface area contributed by atoms with Crippen LogP contribution in [0.3, 0.4) is 0 Å². The summed E-state index contributed by atoms with van der Waals surface area (Å²) in [5.41, 5.74) is 1.59. The minimum absolute atomic E-state index is 0.120. The van der Waals surface area contributed by atoms with Crippen LogP contribution in [-0.4, -0.2) is 38.9 Å². The Hall–Kier alpha value is -2.73. The average molecular weight is 386 g/mol. The number of hydrogen-bond acceptors (Lipinski definition) is 5. The highest BCUT2D eigenvalue weighted by atomic mass is 16.5. The van der Waals surface area contributed by atoms with Gasteiger partial charge in [0.25, 0.3) is 0 Å². The molecule has 0 aliphatic carbocycles. The molecule has 2 N–H and O–H groups in total. The van der Waals surface area contributed by atoms with Gasteiger partial charge in [0, 0.05) is 18.0 Å². The molecule has 2 aromatic carbocycles. The van der Waals surface area contributed by atoms with E-state index in [4.69, 9.17) is 14.2 Å². The van der Waals surface area contributed by atoms with Crippen LogP contribution in [-0.2, 0) is 9.53 Å². The van der Waals surface area contributed by atoms with Crippen molar-refractivity contribution in [3.8, 4) is 11.5 Å². The molecule has 0 aliphatic rings. The van der Waals surface area contributed by atoms with Gasteiger partial charge in [-0.1, -0.05) is 13.8 Å². The highest BCUT2D eigenvalue weighted by Crippen LogP contribution is 2.17. The fraction of sp³-hybridized carbons (Fsp3) is 0.409. The van der Waals surface area contributed by atoms with Gasteiger partial charge in [0.1, 0.15) is 18.1 Å². The Morgan fingerprint density at radius 2 is 1.50 bits per heavy atom.